The number of benzene rings is 2. The summed E-state index contributed by atoms with van der Waals surface area (Å²) in [6.07, 6.45) is 1.95. The summed E-state index contributed by atoms with van der Waals surface area (Å²) in [5, 5.41) is 0.770. The van der Waals surface area contributed by atoms with Crippen molar-refractivity contribution in [2.75, 3.05) is 0 Å². The Bertz CT molecular complexity index is 508. The van der Waals surface area contributed by atoms with Gasteiger partial charge >= 0.3 is 0 Å². The Morgan fingerprint density at radius 1 is 1.11 bits per heavy atom. The summed E-state index contributed by atoms with van der Waals surface area (Å²) in [6, 6.07) is 16.4. The number of nitrogens with two attached hydrogens (primary N) is 1. The third-order valence-electron chi connectivity index (χ3n) is 3.22. The molecule has 0 saturated heterocycles. The van der Waals surface area contributed by atoms with Gasteiger partial charge in [0.05, 0.1) is 0 Å². The van der Waals surface area contributed by atoms with E-state index in [0.29, 0.717) is 0 Å². The zero-order chi connectivity index (χ0) is 13.0. The van der Waals surface area contributed by atoms with Crippen LogP contribution in [-0.2, 0) is 6.42 Å². The van der Waals surface area contributed by atoms with Gasteiger partial charge in [0, 0.05) is 11.1 Å². The Balaban J connectivity index is 2.01. The lowest BCUT2D eigenvalue weighted by atomic mass is 9.96. The van der Waals surface area contributed by atoms with Crippen molar-refractivity contribution < 1.29 is 0 Å². The summed E-state index contributed by atoms with van der Waals surface area (Å²) in [5.41, 5.74) is 9.94. The van der Waals surface area contributed by atoms with Crippen molar-refractivity contribution in [3.63, 3.8) is 0 Å². The highest BCUT2D eigenvalue weighted by Crippen LogP contribution is 2.23. The summed E-state index contributed by atoms with van der Waals surface area (Å²) < 4.78 is 0. The van der Waals surface area contributed by atoms with Crippen molar-refractivity contribution in [2.45, 2.75) is 25.8 Å². The molecule has 0 amide bonds. The highest BCUT2D eigenvalue weighted by atomic mass is 35.5. The number of hydrogen-bond acceptors (Lipinski definition) is 1. The highest BCUT2D eigenvalue weighted by molar-refractivity contribution is 6.30. The van der Waals surface area contributed by atoms with E-state index in [9.17, 15) is 0 Å². The van der Waals surface area contributed by atoms with Gasteiger partial charge in [-0.25, -0.2) is 0 Å². The van der Waals surface area contributed by atoms with Crippen molar-refractivity contribution >= 4 is 11.6 Å². The number of halogens is 1. The first-order valence-corrected chi connectivity index (χ1v) is 6.60. The van der Waals surface area contributed by atoms with Crippen molar-refractivity contribution in [3.8, 4) is 0 Å². The van der Waals surface area contributed by atoms with Crippen LogP contribution < -0.4 is 5.73 Å². The Labute approximate surface area is 114 Å². The molecule has 2 aromatic carbocycles. The molecule has 0 radical (unpaired) electrons. The standard InChI is InChI=1S/C16H18ClN/c1-12-11-14(17)8-9-15(12)16(18)10-7-13-5-3-2-4-6-13/h2-6,8-9,11,16H,7,10,18H2,1H3. The predicted molar refractivity (Wildman–Crippen MR) is 77.9 cm³/mol. The van der Waals surface area contributed by atoms with Crippen LogP contribution in [-0.4, -0.2) is 0 Å². The van der Waals surface area contributed by atoms with Crippen LogP contribution in [0.2, 0.25) is 5.02 Å². The Morgan fingerprint density at radius 3 is 2.50 bits per heavy atom. The number of rotatable bonds is 4. The van der Waals surface area contributed by atoms with Crippen LogP contribution in [0.15, 0.2) is 48.5 Å². The molecule has 2 rings (SSSR count). The second-order valence-corrected chi connectivity index (χ2v) is 5.07. The zero-order valence-electron chi connectivity index (χ0n) is 10.6. The Kier molecular flexibility index (Phi) is 4.40. The topological polar surface area (TPSA) is 26.0 Å². The van der Waals surface area contributed by atoms with Crippen LogP contribution in [0.25, 0.3) is 0 Å². The van der Waals surface area contributed by atoms with Gasteiger partial charge < -0.3 is 5.73 Å². The van der Waals surface area contributed by atoms with Crippen LogP contribution >= 0.6 is 11.6 Å². The molecule has 0 aliphatic rings. The van der Waals surface area contributed by atoms with Crippen LogP contribution in [0.3, 0.4) is 0 Å². The van der Waals surface area contributed by atoms with Gasteiger partial charge in [0.15, 0.2) is 0 Å². The average molecular weight is 260 g/mol. The van der Waals surface area contributed by atoms with E-state index in [-0.39, 0.29) is 6.04 Å². The van der Waals surface area contributed by atoms with E-state index in [1.165, 1.54) is 16.7 Å². The van der Waals surface area contributed by atoms with Crippen molar-refractivity contribution in [1.29, 1.82) is 0 Å². The second-order valence-electron chi connectivity index (χ2n) is 4.63. The first-order valence-electron chi connectivity index (χ1n) is 6.22. The molecule has 1 unspecified atom stereocenters. The number of hydrogen-bond donors (Lipinski definition) is 1. The predicted octanol–water partition coefficient (Wildman–Crippen LogP) is 4.28. The molecule has 0 aliphatic heterocycles. The minimum Gasteiger partial charge on any atom is -0.324 e. The lowest BCUT2D eigenvalue weighted by Crippen LogP contribution is -2.12. The fourth-order valence-corrected chi connectivity index (χ4v) is 2.40. The molecule has 2 N–H and O–H groups in total. The minimum atomic E-state index is 0.0717. The smallest absolute Gasteiger partial charge is 0.0408 e. The molecular weight excluding hydrogens is 242 g/mol. The molecule has 1 nitrogen and oxygen atoms in total. The van der Waals surface area contributed by atoms with E-state index in [2.05, 4.69) is 31.2 Å². The van der Waals surface area contributed by atoms with Gasteiger partial charge in [-0.2, -0.15) is 0 Å². The summed E-state index contributed by atoms with van der Waals surface area (Å²) in [5.74, 6) is 0. The van der Waals surface area contributed by atoms with E-state index in [1.54, 1.807) is 0 Å². The molecule has 0 spiro atoms. The molecule has 0 heterocycles. The molecule has 0 saturated carbocycles. The maximum Gasteiger partial charge on any atom is 0.0408 e. The van der Waals surface area contributed by atoms with Crippen molar-refractivity contribution in [3.05, 3.63) is 70.2 Å². The lowest BCUT2D eigenvalue weighted by molar-refractivity contribution is 0.648. The Morgan fingerprint density at radius 2 is 1.83 bits per heavy atom. The van der Waals surface area contributed by atoms with Crippen molar-refractivity contribution in [1.82, 2.24) is 0 Å². The fraction of sp³-hybridized carbons (Fsp3) is 0.250. The SMILES string of the molecule is Cc1cc(Cl)ccc1C(N)CCc1ccccc1. The van der Waals surface area contributed by atoms with E-state index in [0.717, 1.165) is 17.9 Å². The molecule has 0 aliphatic carbocycles. The maximum atomic E-state index is 6.25. The van der Waals surface area contributed by atoms with Gasteiger partial charge in [-0.3, -0.25) is 0 Å². The molecule has 1 atom stereocenters. The first kappa shape index (κ1) is 13.1. The molecular formula is C16H18ClN. The van der Waals surface area contributed by atoms with Gasteiger partial charge in [0.25, 0.3) is 0 Å². The van der Waals surface area contributed by atoms with E-state index < -0.39 is 0 Å². The number of aryl methyl sites for hydroxylation is 2. The zero-order valence-corrected chi connectivity index (χ0v) is 11.3. The monoisotopic (exact) mass is 259 g/mol. The van der Waals surface area contributed by atoms with E-state index in [1.807, 2.05) is 24.3 Å². The van der Waals surface area contributed by atoms with Gasteiger partial charge in [-0.1, -0.05) is 48.0 Å². The van der Waals surface area contributed by atoms with Crippen LogP contribution in [0.1, 0.15) is 29.2 Å². The van der Waals surface area contributed by atoms with Gasteiger partial charge in [-0.05, 0) is 48.6 Å². The molecule has 0 aromatic heterocycles. The lowest BCUT2D eigenvalue weighted by Gasteiger charge is -2.15. The molecule has 18 heavy (non-hydrogen) atoms. The molecule has 94 valence electrons. The van der Waals surface area contributed by atoms with Crippen LogP contribution in [0, 0.1) is 6.92 Å². The van der Waals surface area contributed by atoms with E-state index >= 15 is 0 Å². The normalized spacial score (nSPS) is 12.4. The molecule has 0 fully saturated rings. The summed E-state index contributed by atoms with van der Waals surface area (Å²) in [6.45, 7) is 2.06. The first-order chi connectivity index (χ1) is 8.66. The summed E-state index contributed by atoms with van der Waals surface area (Å²) in [7, 11) is 0. The quantitative estimate of drug-likeness (QED) is 0.871. The third-order valence-corrected chi connectivity index (χ3v) is 3.45. The summed E-state index contributed by atoms with van der Waals surface area (Å²) >= 11 is 5.95. The minimum absolute atomic E-state index is 0.0717. The van der Waals surface area contributed by atoms with Crippen LogP contribution in [0.4, 0.5) is 0 Å². The highest BCUT2D eigenvalue weighted by Gasteiger charge is 2.09. The van der Waals surface area contributed by atoms with Gasteiger partial charge in [0.2, 0.25) is 0 Å². The maximum absolute atomic E-state index is 6.25. The van der Waals surface area contributed by atoms with E-state index in [4.69, 9.17) is 17.3 Å². The van der Waals surface area contributed by atoms with Gasteiger partial charge in [0.1, 0.15) is 0 Å². The van der Waals surface area contributed by atoms with Crippen LogP contribution in [0.5, 0.6) is 0 Å². The largest absolute Gasteiger partial charge is 0.324 e. The molecule has 2 heteroatoms. The molecule has 2 aromatic rings. The second kappa shape index (κ2) is 6.03. The Hall–Kier alpha value is -1.31. The van der Waals surface area contributed by atoms with Crippen molar-refractivity contribution in [2.24, 2.45) is 5.73 Å². The summed E-state index contributed by atoms with van der Waals surface area (Å²) in [4.78, 5) is 0. The molecule has 0 bridgehead atoms. The fourth-order valence-electron chi connectivity index (χ4n) is 2.18. The third kappa shape index (κ3) is 3.34. The average Bonchev–Trinajstić information content (AvgIpc) is 2.37. The van der Waals surface area contributed by atoms with Gasteiger partial charge in [-0.15, -0.1) is 0 Å².